The summed E-state index contributed by atoms with van der Waals surface area (Å²) in [6.45, 7) is 1.34. The molecule has 1 aliphatic rings. The van der Waals surface area contributed by atoms with Crippen molar-refractivity contribution in [2.24, 2.45) is 5.73 Å². The number of amides is 2. The molecule has 1 aromatic carbocycles. The summed E-state index contributed by atoms with van der Waals surface area (Å²) in [5.41, 5.74) is 6.66. The van der Waals surface area contributed by atoms with E-state index in [9.17, 15) is 14.4 Å². The van der Waals surface area contributed by atoms with Crippen LogP contribution in [0.5, 0.6) is 5.75 Å². The standard InChI is InChI=1S/C13H14N2O4/c1-8(16)13(18)15-10-6-9(4-5-14)2-3-11(10)19-7-12(15)17/h2-3,6H,4-5,7,14H2,1H3. The number of ether oxygens (including phenoxy) is 1. The summed E-state index contributed by atoms with van der Waals surface area (Å²) in [5.74, 6) is -1.67. The van der Waals surface area contributed by atoms with Crippen molar-refractivity contribution in [2.75, 3.05) is 18.1 Å². The zero-order chi connectivity index (χ0) is 14.0. The number of imide groups is 1. The zero-order valence-electron chi connectivity index (χ0n) is 10.5. The molecule has 0 aliphatic carbocycles. The number of Topliss-reactive ketones (excluding diaryl/α,β-unsaturated/α-hetero) is 1. The number of carbonyl (C=O) groups is 3. The Morgan fingerprint density at radius 1 is 1.42 bits per heavy atom. The third-order valence-corrected chi connectivity index (χ3v) is 2.80. The highest BCUT2D eigenvalue weighted by atomic mass is 16.5. The van der Waals surface area contributed by atoms with Crippen molar-refractivity contribution in [1.29, 1.82) is 0 Å². The summed E-state index contributed by atoms with van der Waals surface area (Å²) < 4.78 is 5.24. The average Bonchev–Trinajstić information content (AvgIpc) is 2.38. The lowest BCUT2D eigenvalue weighted by Gasteiger charge is -2.27. The van der Waals surface area contributed by atoms with Crippen molar-refractivity contribution in [3.63, 3.8) is 0 Å². The second-order valence-electron chi connectivity index (χ2n) is 4.22. The monoisotopic (exact) mass is 262 g/mol. The fourth-order valence-electron chi connectivity index (χ4n) is 1.90. The van der Waals surface area contributed by atoms with Crippen molar-refractivity contribution < 1.29 is 19.1 Å². The minimum atomic E-state index is -0.848. The van der Waals surface area contributed by atoms with Gasteiger partial charge < -0.3 is 10.5 Å². The van der Waals surface area contributed by atoms with E-state index in [1.807, 2.05) is 6.07 Å². The molecule has 19 heavy (non-hydrogen) atoms. The largest absolute Gasteiger partial charge is 0.482 e. The molecular weight excluding hydrogens is 248 g/mol. The summed E-state index contributed by atoms with van der Waals surface area (Å²) in [6, 6.07) is 5.14. The van der Waals surface area contributed by atoms with Crippen LogP contribution < -0.4 is 15.4 Å². The minimum Gasteiger partial charge on any atom is -0.482 e. The van der Waals surface area contributed by atoms with Gasteiger partial charge in [0.15, 0.2) is 6.61 Å². The molecule has 0 atom stereocenters. The van der Waals surface area contributed by atoms with Gasteiger partial charge in [0.1, 0.15) is 5.75 Å². The molecule has 6 heteroatoms. The molecule has 1 heterocycles. The second-order valence-corrected chi connectivity index (χ2v) is 4.22. The maximum Gasteiger partial charge on any atom is 0.301 e. The first-order valence-electron chi connectivity index (χ1n) is 5.88. The SMILES string of the molecule is CC(=O)C(=O)N1C(=O)COc2ccc(CCN)cc21. The molecule has 0 radical (unpaired) electrons. The van der Waals surface area contributed by atoms with Gasteiger partial charge in [-0.3, -0.25) is 14.4 Å². The normalized spacial score (nSPS) is 13.8. The Bertz CT molecular complexity index is 554. The van der Waals surface area contributed by atoms with Gasteiger partial charge >= 0.3 is 5.91 Å². The molecule has 0 fully saturated rings. The smallest absolute Gasteiger partial charge is 0.301 e. The Balaban J connectivity index is 2.46. The second kappa shape index (κ2) is 5.19. The fourth-order valence-corrected chi connectivity index (χ4v) is 1.90. The Kier molecular flexibility index (Phi) is 3.62. The number of fused-ring (bicyclic) bond motifs is 1. The summed E-state index contributed by atoms with van der Waals surface area (Å²) >= 11 is 0. The van der Waals surface area contributed by atoms with Gasteiger partial charge in [0.25, 0.3) is 5.91 Å². The summed E-state index contributed by atoms with van der Waals surface area (Å²) in [5, 5.41) is 0. The number of anilines is 1. The number of hydrogen-bond donors (Lipinski definition) is 1. The summed E-state index contributed by atoms with van der Waals surface area (Å²) in [7, 11) is 0. The van der Waals surface area contributed by atoms with E-state index in [1.54, 1.807) is 12.1 Å². The van der Waals surface area contributed by atoms with Crippen LogP contribution in [0.25, 0.3) is 0 Å². The predicted molar refractivity (Wildman–Crippen MR) is 67.9 cm³/mol. The van der Waals surface area contributed by atoms with E-state index < -0.39 is 17.6 Å². The third kappa shape index (κ3) is 2.48. The molecular formula is C13H14N2O4. The van der Waals surface area contributed by atoms with Gasteiger partial charge in [-0.15, -0.1) is 0 Å². The van der Waals surface area contributed by atoms with Crippen molar-refractivity contribution >= 4 is 23.3 Å². The molecule has 2 rings (SSSR count). The maximum atomic E-state index is 11.8. The van der Waals surface area contributed by atoms with E-state index in [0.717, 1.165) is 17.4 Å². The molecule has 1 aliphatic heterocycles. The summed E-state index contributed by atoms with van der Waals surface area (Å²) in [4.78, 5) is 35.7. The first-order chi connectivity index (χ1) is 9.04. The quantitative estimate of drug-likeness (QED) is 0.776. The molecule has 1 aromatic rings. The highest BCUT2D eigenvalue weighted by Gasteiger charge is 2.32. The predicted octanol–water partition coefficient (Wildman–Crippen LogP) is 0.0288. The Morgan fingerprint density at radius 3 is 2.79 bits per heavy atom. The van der Waals surface area contributed by atoms with E-state index >= 15 is 0 Å². The van der Waals surface area contributed by atoms with E-state index in [2.05, 4.69) is 0 Å². The first kappa shape index (κ1) is 13.2. The highest BCUT2D eigenvalue weighted by molar-refractivity contribution is 6.45. The number of rotatable bonds is 3. The molecule has 0 spiro atoms. The molecule has 2 N–H and O–H groups in total. The van der Waals surface area contributed by atoms with Crippen LogP contribution in [-0.4, -0.2) is 30.7 Å². The lowest BCUT2D eigenvalue weighted by Crippen LogP contribution is -2.45. The Morgan fingerprint density at radius 2 is 2.16 bits per heavy atom. The van der Waals surface area contributed by atoms with Crippen LogP contribution in [0.1, 0.15) is 12.5 Å². The topological polar surface area (TPSA) is 89.7 Å². The van der Waals surface area contributed by atoms with Crippen LogP contribution in [0.2, 0.25) is 0 Å². The van der Waals surface area contributed by atoms with E-state index in [4.69, 9.17) is 10.5 Å². The number of hydrogen-bond acceptors (Lipinski definition) is 5. The average molecular weight is 262 g/mol. The highest BCUT2D eigenvalue weighted by Crippen LogP contribution is 2.33. The minimum absolute atomic E-state index is 0.248. The number of carbonyl (C=O) groups excluding carboxylic acids is 3. The van der Waals surface area contributed by atoms with Gasteiger partial charge in [-0.05, 0) is 30.7 Å². The number of nitrogens with zero attached hydrogens (tertiary/aromatic N) is 1. The van der Waals surface area contributed by atoms with Gasteiger partial charge in [-0.25, -0.2) is 4.90 Å². The van der Waals surface area contributed by atoms with E-state index in [1.165, 1.54) is 0 Å². The van der Waals surface area contributed by atoms with Crippen LogP contribution in [0, 0.1) is 0 Å². The fraction of sp³-hybridized carbons (Fsp3) is 0.308. The number of nitrogens with two attached hydrogens (primary N) is 1. The van der Waals surface area contributed by atoms with Gasteiger partial charge in [0.05, 0.1) is 5.69 Å². The molecule has 2 amide bonds. The van der Waals surface area contributed by atoms with Gasteiger partial charge in [0.2, 0.25) is 5.78 Å². The third-order valence-electron chi connectivity index (χ3n) is 2.80. The first-order valence-corrected chi connectivity index (χ1v) is 5.88. The Hall–Kier alpha value is -2.21. The van der Waals surface area contributed by atoms with Crippen molar-refractivity contribution in [3.8, 4) is 5.75 Å². The lowest BCUT2D eigenvalue weighted by atomic mass is 10.1. The van der Waals surface area contributed by atoms with Crippen molar-refractivity contribution in [1.82, 2.24) is 0 Å². The molecule has 100 valence electrons. The van der Waals surface area contributed by atoms with Crippen LogP contribution in [0.4, 0.5) is 5.69 Å². The van der Waals surface area contributed by atoms with Gasteiger partial charge in [-0.2, -0.15) is 0 Å². The molecule has 6 nitrogen and oxygen atoms in total. The van der Waals surface area contributed by atoms with Gasteiger partial charge in [-0.1, -0.05) is 6.07 Å². The molecule has 0 saturated heterocycles. The van der Waals surface area contributed by atoms with Crippen LogP contribution >= 0.6 is 0 Å². The number of benzene rings is 1. The van der Waals surface area contributed by atoms with Crippen LogP contribution in [-0.2, 0) is 20.8 Å². The molecule has 0 bridgehead atoms. The zero-order valence-corrected chi connectivity index (χ0v) is 10.5. The van der Waals surface area contributed by atoms with E-state index in [0.29, 0.717) is 24.4 Å². The molecule has 0 aromatic heterocycles. The van der Waals surface area contributed by atoms with Crippen molar-refractivity contribution in [2.45, 2.75) is 13.3 Å². The van der Waals surface area contributed by atoms with Crippen LogP contribution in [0.15, 0.2) is 18.2 Å². The Labute approximate surface area is 110 Å². The van der Waals surface area contributed by atoms with E-state index in [-0.39, 0.29) is 6.61 Å². The van der Waals surface area contributed by atoms with Gasteiger partial charge in [0, 0.05) is 6.92 Å². The molecule has 0 unspecified atom stereocenters. The summed E-state index contributed by atoms with van der Waals surface area (Å²) in [6.07, 6.45) is 0.615. The molecule has 0 saturated carbocycles. The van der Waals surface area contributed by atoms with Crippen LogP contribution in [0.3, 0.4) is 0 Å². The number of ketones is 1. The lowest BCUT2D eigenvalue weighted by molar-refractivity contribution is -0.138. The maximum absolute atomic E-state index is 11.8. The van der Waals surface area contributed by atoms with Crippen molar-refractivity contribution in [3.05, 3.63) is 23.8 Å².